The van der Waals surface area contributed by atoms with Gasteiger partial charge in [-0.15, -0.1) is 15.7 Å². The molecule has 36 heteroatoms. The lowest BCUT2D eigenvalue weighted by atomic mass is 9.68. The number of pyridine rings is 2. The Morgan fingerprint density at radius 1 is 0.551 bits per heavy atom. The third-order valence-corrected chi connectivity index (χ3v) is 30.4. The van der Waals surface area contributed by atoms with Crippen LogP contribution in [-0.4, -0.2) is 232 Å². The van der Waals surface area contributed by atoms with Crippen molar-refractivity contribution in [1.29, 1.82) is 0 Å². The Labute approximate surface area is 796 Å². The third kappa shape index (κ3) is 17.0. The first-order valence-electron chi connectivity index (χ1n) is 48.5. The fraction of sp³-hybridized carbons (Fsp3) is 0.471. The van der Waals surface area contributed by atoms with Gasteiger partial charge in [-0.05, 0) is 180 Å². The molecule has 21 rings (SSSR count). The first-order chi connectivity index (χ1) is 66.4. The number of piperidine rings is 1. The number of piperazine rings is 3. The van der Waals surface area contributed by atoms with Crippen molar-refractivity contribution in [2.24, 2.45) is 29.6 Å². The van der Waals surface area contributed by atoms with E-state index in [1.165, 1.54) is 63.8 Å². The summed E-state index contributed by atoms with van der Waals surface area (Å²) in [6, 6.07) is 21.3. The van der Waals surface area contributed by atoms with Crippen LogP contribution in [-0.2, 0) is 40.3 Å². The van der Waals surface area contributed by atoms with Crippen LogP contribution in [0.15, 0.2) is 157 Å². The number of rotatable bonds is 9. The maximum Gasteiger partial charge on any atom is 0.355 e. The normalized spacial score (nSPS) is 25.6. The Bertz CT molecular complexity index is 6630. The second-order valence-corrected chi connectivity index (χ2v) is 39.8. The van der Waals surface area contributed by atoms with Gasteiger partial charge in [0.1, 0.15) is 58.4 Å². The predicted octanol–water partition coefficient (Wildman–Crippen LogP) is 13.4. The van der Waals surface area contributed by atoms with Gasteiger partial charge < -0.3 is 40.1 Å². The monoisotopic (exact) mass is 1890 g/mol. The lowest BCUT2D eigenvalue weighted by molar-refractivity contribution is -0.133. The van der Waals surface area contributed by atoms with Gasteiger partial charge in [0, 0.05) is 148 Å². The molecule has 2 saturated carbocycles. The van der Waals surface area contributed by atoms with E-state index >= 15 is 26.3 Å². The van der Waals surface area contributed by atoms with Gasteiger partial charge in [0.25, 0.3) is 0 Å². The first-order valence-corrected chi connectivity index (χ1v) is 48.5. The molecule has 724 valence electrons. The van der Waals surface area contributed by atoms with E-state index in [9.17, 15) is 28.8 Å². The van der Waals surface area contributed by atoms with E-state index in [4.69, 9.17) is 9.97 Å². The highest BCUT2D eigenvalue weighted by molar-refractivity contribution is 5.95. The molecule has 11 aliphatic rings. The van der Waals surface area contributed by atoms with Crippen molar-refractivity contribution in [2.45, 2.75) is 225 Å². The molecular weight excluding hydrogens is 1770 g/mol. The number of carbonyl (C=O) groups is 4. The summed E-state index contributed by atoms with van der Waals surface area (Å²) < 4.78 is 103. The van der Waals surface area contributed by atoms with Crippen LogP contribution in [0.2, 0.25) is 0 Å². The van der Waals surface area contributed by atoms with Crippen LogP contribution in [0.1, 0.15) is 155 Å². The van der Waals surface area contributed by atoms with E-state index in [1.807, 2.05) is 99.7 Å². The number of urea groups is 1. The zero-order valence-corrected chi connectivity index (χ0v) is 79.4. The van der Waals surface area contributed by atoms with Gasteiger partial charge in [-0.25, -0.2) is 59.8 Å². The van der Waals surface area contributed by atoms with Crippen LogP contribution in [0, 0.1) is 52.9 Å². The summed E-state index contributed by atoms with van der Waals surface area (Å²) in [6.45, 7) is 35.6. The number of alkyl halides is 2. The highest BCUT2D eigenvalue weighted by Gasteiger charge is 2.59. The first kappa shape index (κ1) is 94.0. The minimum Gasteiger partial charge on any atom is -0.350 e. The summed E-state index contributed by atoms with van der Waals surface area (Å²) in [5, 5.41) is 26.8. The summed E-state index contributed by atoms with van der Waals surface area (Å²) in [7, 11) is 0. The molecule has 12 bridgehead atoms. The van der Waals surface area contributed by atoms with Crippen LogP contribution in [0.3, 0.4) is 0 Å². The number of nitrogens with one attached hydrogen (secondary N) is 4. The molecule has 5 saturated heterocycles. The maximum absolute atomic E-state index is 16.7. The molecule has 138 heavy (non-hydrogen) atoms. The van der Waals surface area contributed by atoms with Crippen LogP contribution >= 0.6 is 0 Å². The molecule has 2 aliphatic carbocycles. The Morgan fingerprint density at radius 3 is 1.63 bits per heavy atom. The molecule has 15 atom stereocenters. The summed E-state index contributed by atoms with van der Waals surface area (Å²) in [6.07, 6.45) is 13.4. The fourth-order valence-corrected chi connectivity index (χ4v) is 23.7. The van der Waals surface area contributed by atoms with Crippen LogP contribution < -0.4 is 42.8 Å². The summed E-state index contributed by atoms with van der Waals surface area (Å²) in [5.41, 5.74) is 12.3. The highest BCUT2D eigenvalue weighted by Crippen LogP contribution is 2.50. The zero-order valence-electron chi connectivity index (χ0n) is 79.4. The fourth-order valence-electron chi connectivity index (χ4n) is 23.7. The number of allylic oxidation sites excluding steroid dienone is 1. The van der Waals surface area contributed by atoms with Crippen molar-refractivity contribution in [2.75, 3.05) is 62.2 Å². The number of para-hydroxylation sites is 2. The van der Waals surface area contributed by atoms with Crippen molar-refractivity contribution >= 4 is 57.5 Å². The Morgan fingerprint density at radius 2 is 1.09 bits per heavy atom. The number of hydrazine groups is 2. The Balaban J connectivity index is 0.000000132. The molecule has 10 aromatic rings. The number of aryl methyl sites for hydroxylation is 4. The molecule has 9 aliphatic heterocycles. The van der Waals surface area contributed by atoms with Gasteiger partial charge in [-0.1, -0.05) is 139 Å². The maximum atomic E-state index is 16.7. The number of halogens is 6. The highest BCUT2D eigenvalue weighted by atomic mass is 19.2. The van der Waals surface area contributed by atoms with Gasteiger partial charge in [0.2, 0.25) is 17.7 Å². The molecule has 7 fully saturated rings. The molecule has 6 aromatic heterocycles. The molecule has 0 spiro atoms. The van der Waals surface area contributed by atoms with Crippen molar-refractivity contribution in [3.8, 4) is 56.4 Å². The third-order valence-electron chi connectivity index (χ3n) is 30.4. The van der Waals surface area contributed by atoms with Gasteiger partial charge in [-0.2, -0.15) is 9.97 Å². The van der Waals surface area contributed by atoms with E-state index in [-0.39, 0.29) is 142 Å². The quantitative estimate of drug-likeness (QED) is 0.0771. The van der Waals surface area contributed by atoms with Crippen molar-refractivity contribution in [3.05, 3.63) is 214 Å². The topological polar surface area (TPSA) is 299 Å². The summed E-state index contributed by atoms with van der Waals surface area (Å²) in [5.74, 6) is -2.74. The molecule has 4 aromatic carbocycles. The van der Waals surface area contributed by atoms with Gasteiger partial charge in [-0.3, -0.25) is 39.0 Å². The molecule has 15 heterocycles. The second-order valence-electron chi connectivity index (χ2n) is 39.8. The van der Waals surface area contributed by atoms with Crippen LogP contribution in [0.25, 0.3) is 78.5 Å². The van der Waals surface area contributed by atoms with Crippen molar-refractivity contribution in [3.63, 3.8) is 0 Å². The van der Waals surface area contributed by atoms with E-state index in [0.29, 0.717) is 141 Å². The molecule has 30 nitrogen and oxygen atoms in total. The molecular formula is C102H118F6N24O6. The van der Waals surface area contributed by atoms with E-state index in [1.54, 1.807) is 48.6 Å². The molecule has 4 N–H and O–H groups in total. The van der Waals surface area contributed by atoms with Gasteiger partial charge in [0.05, 0.1) is 52.9 Å². The summed E-state index contributed by atoms with van der Waals surface area (Å²) in [4.78, 5) is 113. The molecule has 5 amide bonds. The number of hydrogen-bond acceptors (Lipinski definition) is 21. The number of hydrogen-bond donors (Lipinski definition) is 4. The number of amides is 5. The average Bonchev–Trinajstić information content (AvgIpc) is 0.990. The van der Waals surface area contributed by atoms with Crippen molar-refractivity contribution < 1.29 is 45.5 Å². The Hall–Kier alpha value is -13.0. The number of aromatic nitrogens is 12. The average molecular weight is 1890 g/mol. The van der Waals surface area contributed by atoms with Crippen molar-refractivity contribution in [1.82, 2.24) is 110 Å². The zero-order chi connectivity index (χ0) is 97.0. The minimum absolute atomic E-state index is 0.00895. The molecule has 0 radical (unpaired) electrons. The lowest BCUT2D eigenvalue weighted by Gasteiger charge is -2.60. The number of carbonyl (C=O) groups excluding carboxylic acids is 4. The number of fused-ring (bicyclic) bond motifs is 23. The number of benzene rings is 4. The smallest absolute Gasteiger partial charge is 0.350 e. The minimum atomic E-state index is -1.27. The van der Waals surface area contributed by atoms with Crippen LogP contribution in [0.5, 0.6) is 0 Å². The number of anilines is 2. The largest absolute Gasteiger partial charge is 0.355 e. The molecule has 11 unspecified atom stereocenters. The lowest BCUT2D eigenvalue weighted by Crippen LogP contribution is -2.79. The van der Waals surface area contributed by atoms with Gasteiger partial charge in [0.15, 0.2) is 22.9 Å². The van der Waals surface area contributed by atoms with E-state index in [0.717, 1.165) is 66.5 Å². The standard InChI is InChI=1S/C35H34F2N8O2.C34H32F2N8O2.C33H52F2N8O2/c1-6-29(46)43-16-21(5)44(17-20(43)4)33-25-15-27(37)31-30-24(11-8-12-26(30)36)28-18-42(41-40-28)14-13-22-9-7-10-23(19(2)3)32(22)45(34(25)38-31)35(47)39-33;1-5-28(45)41-14-15-43(20(4)17-41)32-24-16-26(36)30-29-23(10-7-11-25(29)35)27-18-42(40-39-27)13-12-21-8-6-9-22(19(2)3)31(21)44(33(24)37-30)34(46)38-32;1-5-27(44)40-12-13-41(19(4)16-40)31-23-15-25(35)29-28-24(34)10-7-11-26(28)42-17-21(38-39-42)14-20-8-6-9-22(18(2)3)30(20)43(32(23)36-29)33(45)37-31/h6-12,15,18-21H,1,13-14,16-17H2,2-5H3;5-11,16,18-20H,1,12-15,17H2,2-4H3;5,17-20,22-26,28-32,36,38-39H,1,6-16H2,2-4H3,(H,37,45)/t20-,21+;20-;19-,20?,22?,23?,24?,25?,26?,28?,29?,30?,31?,32?/m100/s1. The SMILES string of the molecule is C=CC(=O)N1CCN(C2NC(=O)N3C4NC(C(F)CC42)C2C(F)CCCC2N2C=C(CC4CCCC(C(C)C)C43)NN2)[C@@H](C)C1.C=CC(=O)N1CCN(c2nc(=O)n3c4nc(c(F)cc24)-c2c(F)cccc2-c2cn(nn2)CCc2cccc(C(C)C)c2-3)[C@@H](C)C1.C=CC(=O)N1C[C@H](C)N(c2nc(=O)n3c4nc(c(F)cc24)-c2c(F)cccc2-c2cn(nn2)CCc2cccc(C(C)C)c2-3)C[C@H]1C. The predicted molar refractivity (Wildman–Crippen MR) is 513 cm³/mol. The van der Waals surface area contributed by atoms with E-state index in [2.05, 4.69) is 109 Å². The second kappa shape index (κ2) is 38.1. The van der Waals surface area contributed by atoms with Gasteiger partial charge >= 0.3 is 17.4 Å². The Kier molecular flexibility index (Phi) is 26.0. The van der Waals surface area contributed by atoms with Crippen LogP contribution in [0.4, 0.5) is 42.8 Å². The van der Waals surface area contributed by atoms with E-state index < -0.39 is 65.1 Å². The summed E-state index contributed by atoms with van der Waals surface area (Å²) >= 11 is 0. The number of nitrogens with zero attached hydrogens (tertiary/aromatic N) is 20.